The number of rotatable bonds is 4. The first-order valence-corrected chi connectivity index (χ1v) is 7.29. The van der Waals surface area contributed by atoms with Crippen molar-refractivity contribution >= 4 is 10.0 Å². The Labute approximate surface area is 111 Å². The van der Waals surface area contributed by atoms with Crippen molar-refractivity contribution in [3.05, 3.63) is 30.6 Å². The van der Waals surface area contributed by atoms with Gasteiger partial charge in [0.1, 0.15) is 0 Å². The summed E-state index contributed by atoms with van der Waals surface area (Å²) >= 11 is 0. The molecule has 2 rings (SSSR count). The fourth-order valence-corrected chi connectivity index (χ4v) is 2.55. The van der Waals surface area contributed by atoms with Crippen LogP contribution >= 0.6 is 0 Å². The van der Waals surface area contributed by atoms with E-state index in [1.807, 2.05) is 0 Å². The van der Waals surface area contributed by atoms with Crippen LogP contribution in [0.2, 0.25) is 0 Å². The third-order valence-electron chi connectivity index (χ3n) is 2.61. The van der Waals surface area contributed by atoms with Gasteiger partial charge in [-0.05, 0) is 12.1 Å². The average molecular weight is 282 g/mol. The molecule has 2 aromatic rings. The van der Waals surface area contributed by atoms with E-state index in [2.05, 4.69) is 4.98 Å². The van der Waals surface area contributed by atoms with Crippen LogP contribution in [0.25, 0.3) is 11.4 Å². The van der Waals surface area contributed by atoms with E-state index in [9.17, 15) is 8.42 Å². The summed E-state index contributed by atoms with van der Waals surface area (Å²) in [5.41, 5.74) is 0.553. The van der Waals surface area contributed by atoms with E-state index < -0.39 is 10.0 Å². The number of methoxy groups -OCH3 is 2. The van der Waals surface area contributed by atoms with Crippen molar-refractivity contribution in [3.63, 3.8) is 0 Å². The van der Waals surface area contributed by atoms with Gasteiger partial charge in [-0.25, -0.2) is 17.4 Å². The van der Waals surface area contributed by atoms with E-state index in [1.165, 1.54) is 26.6 Å². The lowest BCUT2D eigenvalue weighted by atomic mass is 10.2. The number of hydrogen-bond acceptors (Lipinski definition) is 5. The molecule has 0 unspecified atom stereocenters. The van der Waals surface area contributed by atoms with Crippen molar-refractivity contribution in [2.75, 3.05) is 20.5 Å². The lowest BCUT2D eigenvalue weighted by molar-refractivity contribution is 0.356. The molecule has 102 valence electrons. The molecular formula is C12H14N2O4S. The van der Waals surface area contributed by atoms with E-state index in [0.29, 0.717) is 22.9 Å². The molecule has 19 heavy (non-hydrogen) atoms. The predicted molar refractivity (Wildman–Crippen MR) is 71.0 cm³/mol. The summed E-state index contributed by atoms with van der Waals surface area (Å²) in [6.07, 6.45) is 3.93. The first kappa shape index (κ1) is 13.4. The molecular weight excluding hydrogens is 268 g/mol. The van der Waals surface area contributed by atoms with Gasteiger partial charge in [-0.3, -0.25) is 0 Å². The molecule has 0 saturated heterocycles. The molecule has 0 bridgehead atoms. The minimum absolute atomic E-state index is 0.290. The summed E-state index contributed by atoms with van der Waals surface area (Å²) in [6.45, 7) is 0. The smallest absolute Gasteiger partial charge is 0.237 e. The predicted octanol–water partition coefficient (Wildman–Crippen LogP) is 1.37. The van der Waals surface area contributed by atoms with Crippen LogP contribution in [-0.4, -0.2) is 37.8 Å². The van der Waals surface area contributed by atoms with Crippen LogP contribution in [0.4, 0.5) is 0 Å². The van der Waals surface area contributed by atoms with Gasteiger partial charge in [-0.2, -0.15) is 0 Å². The molecule has 0 aliphatic carbocycles. The second-order valence-corrected chi connectivity index (χ2v) is 5.71. The number of ether oxygens (including phenoxy) is 2. The molecule has 1 heterocycles. The Morgan fingerprint density at radius 3 is 2.53 bits per heavy atom. The van der Waals surface area contributed by atoms with Gasteiger partial charge >= 0.3 is 0 Å². The molecule has 0 spiro atoms. The van der Waals surface area contributed by atoms with Crippen LogP contribution in [0.1, 0.15) is 0 Å². The van der Waals surface area contributed by atoms with Gasteiger partial charge in [0, 0.05) is 12.4 Å². The van der Waals surface area contributed by atoms with Gasteiger partial charge in [0.05, 0.1) is 26.0 Å². The third kappa shape index (κ3) is 2.41. The minimum atomic E-state index is -3.43. The SMILES string of the molecule is COc1cccc(-c2nccn2S(C)(=O)=O)c1OC. The summed E-state index contributed by atoms with van der Waals surface area (Å²) in [7, 11) is -0.411. The number of hydrogen-bond donors (Lipinski definition) is 0. The van der Waals surface area contributed by atoms with Crippen molar-refractivity contribution < 1.29 is 17.9 Å². The second-order valence-electron chi connectivity index (χ2n) is 3.85. The highest BCUT2D eigenvalue weighted by Gasteiger charge is 2.19. The van der Waals surface area contributed by atoms with Crippen LogP contribution in [0.15, 0.2) is 30.6 Å². The standard InChI is InChI=1S/C12H14N2O4S/c1-17-10-6-4-5-9(11(10)18-2)12-13-7-8-14(12)19(3,15)16/h4-8H,1-3H3. The zero-order valence-corrected chi connectivity index (χ0v) is 11.6. The van der Waals surface area contributed by atoms with Gasteiger partial charge in [-0.15, -0.1) is 0 Å². The van der Waals surface area contributed by atoms with E-state index in [4.69, 9.17) is 9.47 Å². The first-order valence-electron chi connectivity index (χ1n) is 5.44. The summed E-state index contributed by atoms with van der Waals surface area (Å²) in [5, 5.41) is 0. The Bertz CT molecular complexity index is 692. The van der Waals surface area contributed by atoms with E-state index in [-0.39, 0.29) is 0 Å². The molecule has 0 atom stereocenters. The maximum atomic E-state index is 11.7. The quantitative estimate of drug-likeness (QED) is 0.847. The molecule has 0 amide bonds. The summed E-state index contributed by atoms with van der Waals surface area (Å²) in [6, 6.07) is 5.21. The summed E-state index contributed by atoms with van der Waals surface area (Å²) in [4.78, 5) is 4.09. The third-order valence-corrected chi connectivity index (χ3v) is 3.62. The molecule has 6 nitrogen and oxygen atoms in total. The number of para-hydroxylation sites is 1. The number of nitrogens with zero attached hydrogens (tertiary/aromatic N) is 2. The van der Waals surface area contributed by atoms with Gasteiger partial charge in [0.25, 0.3) is 0 Å². The maximum absolute atomic E-state index is 11.7. The summed E-state index contributed by atoms with van der Waals surface area (Å²) < 4.78 is 35.0. The topological polar surface area (TPSA) is 70.4 Å². The number of aromatic nitrogens is 2. The van der Waals surface area contributed by atoms with Crippen LogP contribution in [0.3, 0.4) is 0 Å². The fraction of sp³-hybridized carbons (Fsp3) is 0.250. The lowest BCUT2D eigenvalue weighted by Gasteiger charge is -2.12. The normalized spacial score (nSPS) is 11.3. The molecule has 0 fully saturated rings. The highest BCUT2D eigenvalue weighted by Crippen LogP contribution is 2.37. The van der Waals surface area contributed by atoms with Crippen molar-refractivity contribution in [2.24, 2.45) is 0 Å². The maximum Gasteiger partial charge on any atom is 0.237 e. The van der Waals surface area contributed by atoms with Crippen LogP contribution in [0, 0.1) is 0 Å². The van der Waals surface area contributed by atoms with Gasteiger partial charge < -0.3 is 9.47 Å². The fourth-order valence-electron chi connectivity index (χ4n) is 1.81. The van der Waals surface area contributed by atoms with E-state index in [1.54, 1.807) is 18.2 Å². The molecule has 7 heteroatoms. The molecule has 1 aromatic carbocycles. The number of imidazole rings is 1. The van der Waals surface area contributed by atoms with Crippen molar-refractivity contribution in [1.29, 1.82) is 0 Å². The van der Waals surface area contributed by atoms with Crippen molar-refractivity contribution in [3.8, 4) is 22.9 Å². The number of benzene rings is 1. The van der Waals surface area contributed by atoms with Gasteiger partial charge in [0.15, 0.2) is 17.3 Å². The van der Waals surface area contributed by atoms with Gasteiger partial charge in [-0.1, -0.05) is 6.07 Å². The van der Waals surface area contributed by atoms with E-state index >= 15 is 0 Å². The largest absolute Gasteiger partial charge is 0.493 e. The Kier molecular flexibility index (Phi) is 3.48. The average Bonchev–Trinajstić information content (AvgIpc) is 2.86. The molecule has 0 radical (unpaired) electrons. The Balaban J connectivity index is 2.70. The molecule has 0 aliphatic heterocycles. The molecule has 0 aliphatic rings. The monoisotopic (exact) mass is 282 g/mol. The molecule has 1 aromatic heterocycles. The first-order chi connectivity index (χ1) is 8.99. The lowest BCUT2D eigenvalue weighted by Crippen LogP contribution is -2.11. The van der Waals surface area contributed by atoms with Crippen molar-refractivity contribution in [1.82, 2.24) is 8.96 Å². The highest BCUT2D eigenvalue weighted by molar-refractivity contribution is 7.89. The minimum Gasteiger partial charge on any atom is -0.493 e. The molecule has 0 N–H and O–H groups in total. The van der Waals surface area contributed by atoms with Crippen LogP contribution in [0.5, 0.6) is 11.5 Å². The zero-order chi connectivity index (χ0) is 14.0. The van der Waals surface area contributed by atoms with Crippen molar-refractivity contribution in [2.45, 2.75) is 0 Å². The summed E-state index contributed by atoms with van der Waals surface area (Å²) in [5.74, 6) is 1.25. The Hall–Kier alpha value is -2.02. The second kappa shape index (κ2) is 4.93. The zero-order valence-electron chi connectivity index (χ0n) is 10.8. The highest BCUT2D eigenvalue weighted by atomic mass is 32.2. The van der Waals surface area contributed by atoms with Gasteiger partial charge in [0.2, 0.25) is 10.0 Å². The molecule has 0 saturated carbocycles. The van der Waals surface area contributed by atoms with Crippen LogP contribution < -0.4 is 9.47 Å². The van der Waals surface area contributed by atoms with Crippen LogP contribution in [-0.2, 0) is 10.0 Å². The Morgan fingerprint density at radius 1 is 1.21 bits per heavy atom. The Morgan fingerprint density at radius 2 is 1.95 bits per heavy atom. The van der Waals surface area contributed by atoms with E-state index in [0.717, 1.165) is 10.2 Å².